The Morgan fingerprint density at radius 1 is 1.34 bits per heavy atom. The van der Waals surface area contributed by atoms with Gasteiger partial charge in [-0.15, -0.1) is 35.3 Å². The summed E-state index contributed by atoms with van der Waals surface area (Å²) in [6.45, 7) is 9.65. The number of carbonyl (C=O) groups excluding carboxylic acids is 1. The molecule has 2 heterocycles. The largest absolute Gasteiger partial charge is 0.357 e. The third-order valence-corrected chi connectivity index (χ3v) is 7.09. The van der Waals surface area contributed by atoms with Gasteiger partial charge in [0.1, 0.15) is 4.34 Å². The van der Waals surface area contributed by atoms with Gasteiger partial charge in [0.05, 0.1) is 0 Å². The number of likely N-dealkylation sites (tertiary alicyclic amines) is 1. The van der Waals surface area contributed by atoms with Gasteiger partial charge >= 0.3 is 0 Å². The number of halogens is 1. The lowest BCUT2D eigenvalue weighted by Gasteiger charge is -2.34. The van der Waals surface area contributed by atoms with Gasteiger partial charge in [-0.3, -0.25) is 9.79 Å². The van der Waals surface area contributed by atoms with Crippen LogP contribution in [0.1, 0.15) is 52.9 Å². The Bertz CT molecular complexity index is 588. The van der Waals surface area contributed by atoms with Crippen LogP contribution in [-0.4, -0.2) is 59.7 Å². The molecular formula is C20H36IN5OS2. The number of amides is 1. The lowest BCUT2D eigenvalue weighted by Crippen LogP contribution is -2.50. The zero-order chi connectivity index (χ0) is 20.2. The van der Waals surface area contributed by atoms with Crippen molar-refractivity contribution in [1.29, 1.82) is 0 Å². The maximum Gasteiger partial charge on any atom is 0.225 e. The average molecular weight is 554 g/mol. The van der Waals surface area contributed by atoms with Gasteiger partial charge in [0, 0.05) is 55.5 Å². The maximum absolute atomic E-state index is 12.5. The molecule has 2 rings (SSSR count). The van der Waals surface area contributed by atoms with E-state index in [2.05, 4.69) is 41.3 Å². The molecule has 0 aliphatic carbocycles. The van der Waals surface area contributed by atoms with Crippen molar-refractivity contribution in [3.05, 3.63) is 11.6 Å². The van der Waals surface area contributed by atoms with Crippen molar-refractivity contribution >= 4 is 58.9 Å². The molecule has 2 N–H and O–H groups in total. The first-order valence-electron chi connectivity index (χ1n) is 10.5. The van der Waals surface area contributed by atoms with Crippen LogP contribution in [-0.2, 0) is 4.79 Å². The normalized spacial score (nSPS) is 15.3. The van der Waals surface area contributed by atoms with Crippen molar-refractivity contribution in [2.75, 3.05) is 31.9 Å². The van der Waals surface area contributed by atoms with Crippen LogP contribution in [0.25, 0.3) is 0 Å². The molecule has 29 heavy (non-hydrogen) atoms. The minimum absolute atomic E-state index is 0. The van der Waals surface area contributed by atoms with E-state index in [0.29, 0.717) is 11.9 Å². The second-order valence-corrected chi connectivity index (χ2v) is 9.25. The van der Waals surface area contributed by atoms with Gasteiger partial charge in [-0.2, -0.15) is 0 Å². The minimum Gasteiger partial charge on any atom is -0.357 e. The summed E-state index contributed by atoms with van der Waals surface area (Å²) in [5.74, 6) is 2.45. The summed E-state index contributed by atoms with van der Waals surface area (Å²) in [7, 11) is 0. The van der Waals surface area contributed by atoms with Gasteiger partial charge in [-0.1, -0.05) is 25.6 Å². The molecule has 1 aliphatic rings. The van der Waals surface area contributed by atoms with Gasteiger partial charge < -0.3 is 15.5 Å². The van der Waals surface area contributed by atoms with Gasteiger partial charge in [0.15, 0.2) is 5.96 Å². The van der Waals surface area contributed by atoms with Gasteiger partial charge in [0.2, 0.25) is 5.91 Å². The number of guanidine groups is 1. The van der Waals surface area contributed by atoms with E-state index >= 15 is 0 Å². The molecule has 0 unspecified atom stereocenters. The standard InChI is InChI=1S/C20H35N5OS2.HI/c1-4-16(5-2)18(26)25-12-8-17(9-13-25)24-19(21-6-3)22-10-7-14-27-20-23-11-15-28-20;/h11,15-17H,4-10,12-14H2,1-3H3,(H2,21,22,24);1H. The topological polar surface area (TPSA) is 69.6 Å². The molecule has 1 aliphatic heterocycles. The highest BCUT2D eigenvalue weighted by Crippen LogP contribution is 2.20. The number of aromatic nitrogens is 1. The summed E-state index contributed by atoms with van der Waals surface area (Å²) >= 11 is 3.49. The van der Waals surface area contributed by atoms with Crippen molar-refractivity contribution in [2.24, 2.45) is 10.9 Å². The van der Waals surface area contributed by atoms with E-state index in [1.165, 1.54) is 0 Å². The number of rotatable bonds is 10. The SMILES string of the molecule is CCNC(=NCCCSc1nccs1)NC1CCN(C(=O)C(CC)CC)CC1.I. The summed E-state index contributed by atoms with van der Waals surface area (Å²) < 4.78 is 1.13. The highest BCUT2D eigenvalue weighted by Gasteiger charge is 2.26. The summed E-state index contributed by atoms with van der Waals surface area (Å²) in [6, 6.07) is 0.383. The van der Waals surface area contributed by atoms with Crippen LogP contribution in [0.15, 0.2) is 20.9 Å². The molecule has 0 bridgehead atoms. The number of piperidine rings is 1. The summed E-state index contributed by atoms with van der Waals surface area (Å²) in [6.07, 6.45) is 6.72. The zero-order valence-corrected chi connectivity index (χ0v) is 21.8. The van der Waals surface area contributed by atoms with Crippen molar-refractivity contribution < 1.29 is 4.79 Å². The number of nitrogens with zero attached hydrogens (tertiary/aromatic N) is 3. The number of thiazole rings is 1. The molecule has 9 heteroatoms. The second kappa shape index (κ2) is 15.3. The summed E-state index contributed by atoms with van der Waals surface area (Å²) in [4.78, 5) is 23.6. The Morgan fingerprint density at radius 2 is 2.07 bits per heavy atom. The molecule has 1 aromatic rings. The molecule has 0 atom stereocenters. The van der Waals surface area contributed by atoms with E-state index < -0.39 is 0 Å². The molecule has 0 radical (unpaired) electrons. The van der Waals surface area contributed by atoms with Crippen LogP contribution in [0.3, 0.4) is 0 Å². The van der Waals surface area contributed by atoms with E-state index in [1.807, 2.05) is 11.6 Å². The smallest absolute Gasteiger partial charge is 0.225 e. The first-order chi connectivity index (χ1) is 13.7. The summed E-state index contributed by atoms with van der Waals surface area (Å²) in [5.41, 5.74) is 0. The monoisotopic (exact) mass is 553 g/mol. The summed E-state index contributed by atoms with van der Waals surface area (Å²) in [5, 5.41) is 8.92. The van der Waals surface area contributed by atoms with E-state index in [4.69, 9.17) is 4.99 Å². The average Bonchev–Trinajstić information content (AvgIpc) is 3.23. The maximum atomic E-state index is 12.5. The first-order valence-corrected chi connectivity index (χ1v) is 12.4. The van der Waals surface area contributed by atoms with Crippen LogP contribution in [0, 0.1) is 5.92 Å². The number of nitrogens with one attached hydrogen (secondary N) is 2. The molecule has 0 saturated carbocycles. The third-order valence-electron chi connectivity index (χ3n) is 5.03. The Labute approximate surface area is 201 Å². The van der Waals surface area contributed by atoms with Crippen LogP contribution in [0.4, 0.5) is 0 Å². The number of hydrogen-bond donors (Lipinski definition) is 2. The van der Waals surface area contributed by atoms with Crippen LogP contribution < -0.4 is 10.6 Å². The Hall–Kier alpha value is -0.550. The van der Waals surface area contributed by atoms with Gasteiger partial charge in [-0.25, -0.2) is 4.98 Å². The predicted octanol–water partition coefficient (Wildman–Crippen LogP) is 4.23. The number of thioether (sulfide) groups is 1. The lowest BCUT2D eigenvalue weighted by molar-refractivity contribution is -0.136. The Balaban J connectivity index is 0.00000420. The molecule has 6 nitrogen and oxygen atoms in total. The predicted molar refractivity (Wildman–Crippen MR) is 136 cm³/mol. The molecule has 0 aromatic carbocycles. The molecule has 1 fully saturated rings. The number of carbonyl (C=O) groups is 1. The zero-order valence-electron chi connectivity index (χ0n) is 17.9. The van der Waals surface area contributed by atoms with Gasteiger partial charge in [0.25, 0.3) is 0 Å². The Morgan fingerprint density at radius 3 is 2.66 bits per heavy atom. The molecule has 1 saturated heterocycles. The van der Waals surface area contributed by atoms with Crippen molar-refractivity contribution in [3.63, 3.8) is 0 Å². The number of aliphatic imine (C=N–C) groups is 1. The fourth-order valence-electron chi connectivity index (χ4n) is 3.35. The molecule has 0 spiro atoms. The lowest BCUT2D eigenvalue weighted by atomic mass is 9.98. The van der Waals surface area contributed by atoms with Crippen molar-refractivity contribution in [3.8, 4) is 0 Å². The highest BCUT2D eigenvalue weighted by atomic mass is 127. The van der Waals surface area contributed by atoms with E-state index in [9.17, 15) is 4.79 Å². The molecular weight excluding hydrogens is 517 g/mol. The van der Waals surface area contributed by atoms with Crippen molar-refractivity contribution in [2.45, 2.75) is 63.3 Å². The highest BCUT2D eigenvalue weighted by molar-refractivity contribution is 14.0. The van der Waals surface area contributed by atoms with Crippen LogP contribution in [0.2, 0.25) is 0 Å². The van der Waals surface area contributed by atoms with E-state index in [1.54, 1.807) is 23.1 Å². The Kier molecular flexibility index (Phi) is 14.0. The molecule has 166 valence electrons. The van der Waals surface area contributed by atoms with Crippen LogP contribution >= 0.6 is 47.1 Å². The quantitative estimate of drug-likeness (QED) is 0.149. The van der Waals surface area contributed by atoms with Crippen molar-refractivity contribution in [1.82, 2.24) is 20.5 Å². The van der Waals surface area contributed by atoms with Crippen LogP contribution in [0.5, 0.6) is 0 Å². The fourth-order valence-corrected chi connectivity index (χ4v) is 4.98. The third kappa shape index (κ3) is 9.42. The van der Waals surface area contributed by atoms with E-state index in [-0.39, 0.29) is 29.9 Å². The van der Waals surface area contributed by atoms with E-state index in [0.717, 1.165) is 74.3 Å². The first kappa shape index (κ1) is 26.5. The fraction of sp³-hybridized carbons (Fsp3) is 0.750. The molecule has 1 aromatic heterocycles. The minimum atomic E-state index is 0. The molecule has 1 amide bonds. The van der Waals surface area contributed by atoms with Gasteiger partial charge in [-0.05, 0) is 39.0 Å². The second-order valence-electron chi connectivity index (χ2n) is 7.02. The number of hydrogen-bond acceptors (Lipinski definition) is 5.